The number of rotatable bonds is 4. The quantitative estimate of drug-likeness (QED) is 0.769. The van der Waals surface area contributed by atoms with Gasteiger partial charge in [0.2, 0.25) is 10.0 Å². The van der Waals surface area contributed by atoms with Gasteiger partial charge in [-0.2, -0.15) is 4.31 Å². The highest BCUT2D eigenvalue weighted by Crippen LogP contribution is 2.22. The first-order valence-electron chi connectivity index (χ1n) is 7.56. The van der Waals surface area contributed by atoms with Crippen LogP contribution in [0.4, 0.5) is 0 Å². The molecule has 0 spiro atoms. The first kappa shape index (κ1) is 17.1. The Bertz CT molecular complexity index is 747. The van der Waals surface area contributed by atoms with Crippen LogP contribution in [0.2, 0.25) is 0 Å². The van der Waals surface area contributed by atoms with E-state index in [0.717, 1.165) is 30.5 Å². The van der Waals surface area contributed by atoms with E-state index in [1.807, 2.05) is 6.07 Å². The third kappa shape index (κ3) is 4.22. The monoisotopic (exact) mass is 414 g/mol. The van der Waals surface area contributed by atoms with E-state index in [0.29, 0.717) is 18.0 Å². The molecule has 1 fully saturated rings. The van der Waals surface area contributed by atoms with E-state index in [4.69, 9.17) is 0 Å². The molecule has 0 radical (unpaired) electrons. The summed E-state index contributed by atoms with van der Waals surface area (Å²) in [7, 11) is -3.41. The molecule has 1 aliphatic rings. The zero-order valence-electron chi connectivity index (χ0n) is 12.7. The SMILES string of the molecule is O=S(=O)(c1cccc(Br)c1)N1CCCN(Cc2cccs2)CC1. The third-order valence-corrected chi connectivity index (χ3v) is 7.19. The summed E-state index contributed by atoms with van der Waals surface area (Å²) >= 11 is 5.10. The van der Waals surface area contributed by atoms with Crippen molar-refractivity contribution in [3.8, 4) is 0 Å². The molecule has 1 aromatic carbocycles. The molecule has 1 aromatic heterocycles. The summed E-state index contributed by atoms with van der Waals surface area (Å²) in [5.74, 6) is 0. The van der Waals surface area contributed by atoms with Crippen LogP contribution < -0.4 is 0 Å². The van der Waals surface area contributed by atoms with Crippen LogP contribution in [0.1, 0.15) is 11.3 Å². The molecule has 7 heteroatoms. The number of hydrogen-bond donors (Lipinski definition) is 0. The molecule has 3 rings (SSSR count). The second-order valence-electron chi connectivity index (χ2n) is 5.57. The van der Waals surface area contributed by atoms with Crippen molar-refractivity contribution < 1.29 is 8.42 Å². The van der Waals surface area contributed by atoms with Crippen LogP contribution in [0.25, 0.3) is 0 Å². The van der Waals surface area contributed by atoms with E-state index in [1.54, 1.807) is 33.8 Å². The fourth-order valence-electron chi connectivity index (χ4n) is 2.75. The predicted molar refractivity (Wildman–Crippen MR) is 97.1 cm³/mol. The lowest BCUT2D eigenvalue weighted by Gasteiger charge is -2.21. The van der Waals surface area contributed by atoms with Crippen molar-refractivity contribution in [1.82, 2.24) is 9.21 Å². The van der Waals surface area contributed by atoms with Gasteiger partial charge in [-0.3, -0.25) is 4.90 Å². The Hall–Kier alpha value is -0.730. The van der Waals surface area contributed by atoms with E-state index in [2.05, 4.69) is 38.3 Å². The Labute approximate surface area is 149 Å². The van der Waals surface area contributed by atoms with Crippen LogP contribution in [-0.4, -0.2) is 43.8 Å². The molecule has 0 saturated carbocycles. The fourth-order valence-corrected chi connectivity index (χ4v) is 5.56. The second-order valence-corrected chi connectivity index (χ2v) is 9.46. The molecule has 2 aromatic rings. The van der Waals surface area contributed by atoms with Crippen molar-refractivity contribution >= 4 is 37.3 Å². The van der Waals surface area contributed by atoms with Crippen molar-refractivity contribution in [2.75, 3.05) is 26.2 Å². The lowest BCUT2D eigenvalue weighted by atomic mass is 10.3. The minimum Gasteiger partial charge on any atom is -0.297 e. The highest BCUT2D eigenvalue weighted by Gasteiger charge is 2.27. The Morgan fingerprint density at radius 2 is 1.96 bits per heavy atom. The van der Waals surface area contributed by atoms with Crippen LogP contribution in [0, 0.1) is 0 Å². The Morgan fingerprint density at radius 1 is 1.09 bits per heavy atom. The van der Waals surface area contributed by atoms with Gasteiger partial charge in [-0.1, -0.05) is 28.1 Å². The smallest absolute Gasteiger partial charge is 0.243 e. The van der Waals surface area contributed by atoms with E-state index < -0.39 is 10.0 Å². The highest BCUT2D eigenvalue weighted by molar-refractivity contribution is 9.10. The first-order valence-corrected chi connectivity index (χ1v) is 10.7. The summed E-state index contributed by atoms with van der Waals surface area (Å²) in [6.07, 6.45) is 0.860. The standard InChI is InChI=1S/C16H19BrN2O2S2/c17-14-4-1-6-16(12-14)23(20,21)19-8-3-7-18(9-10-19)13-15-5-2-11-22-15/h1-2,4-6,11-12H,3,7-10,13H2. The summed E-state index contributed by atoms with van der Waals surface area (Å²) in [5.41, 5.74) is 0. The average molecular weight is 415 g/mol. The Kier molecular flexibility index (Phi) is 5.53. The maximum atomic E-state index is 12.8. The molecule has 0 N–H and O–H groups in total. The second kappa shape index (κ2) is 7.44. The molecule has 0 atom stereocenters. The lowest BCUT2D eigenvalue weighted by molar-refractivity contribution is 0.281. The molecule has 0 bridgehead atoms. The number of halogens is 1. The summed E-state index contributed by atoms with van der Waals surface area (Å²) in [4.78, 5) is 4.02. The van der Waals surface area contributed by atoms with Gasteiger partial charge in [0, 0.05) is 35.5 Å². The summed E-state index contributed by atoms with van der Waals surface area (Å²) in [6.45, 7) is 3.73. The number of thiophene rings is 1. The van der Waals surface area contributed by atoms with Gasteiger partial charge in [0.25, 0.3) is 0 Å². The molecule has 4 nitrogen and oxygen atoms in total. The first-order chi connectivity index (χ1) is 11.1. The van der Waals surface area contributed by atoms with Gasteiger partial charge in [-0.05, 0) is 42.6 Å². The van der Waals surface area contributed by atoms with E-state index >= 15 is 0 Å². The molecule has 1 aliphatic heterocycles. The normalized spacial score (nSPS) is 18.0. The summed E-state index contributed by atoms with van der Waals surface area (Å²) < 4.78 is 28.0. The fraction of sp³-hybridized carbons (Fsp3) is 0.375. The van der Waals surface area contributed by atoms with Crippen LogP contribution in [0.3, 0.4) is 0 Å². The molecule has 0 amide bonds. The maximum absolute atomic E-state index is 12.8. The predicted octanol–water partition coefficient (Wildman–Crippen LogP) is 3.41. The van der Waals surface area contributed by atoms with Gasteiger partial charge < -0.3 is 0 Å². The van der Waals surface area contributed by atoms with Crippen molar-refractivity contribution in [3.05, 3.63) is 51.1 Å². The topological polar surface area (TPSA) is 40.6 Å². The molecule has 2 heterocycles. The minimum atomic E-state index is -3.41. The van der Waals surface area contributed by atoms with Crippen molar-refractivity contribution in [2.24, 2.45) is 0 Å². The maximum Gasteiger partial charge on any atom is 0.243 e. The van der Waals surface area contributed by atoms with Crippen molar-refractivity contribution in [3.63, 3.8) is 0 Å². The number of benzene rings is 1. The zero-order valence-corrected chi connectivity index (χ0v) is 15.9. The molecule has 0 unspecified atom stereocenters. The van der Waals surface area contributed by atoms with Crippen molar-refractivity contribution in [1.29, 1.82) is 0 Å². The average Bonchev–Trinajstić information content (AvgIpc) is 2.91. The molecule has 124 valence electrons. The summed E-state index contributed by atoms with van der Waals surface area (Å²) in [5, 5.41) is 2.08. The van der Waals surface area contributed by atoms with Crippen LogP contribution >= 0.6 is 27.3 Å². The Balaban J connectivity index is 1.69. The van der Waals surface area contributed by atoms with Crippen LogP contribution in [0.5, 0.6) is 0 Å². The van der Waals surface area contributed by atoms with Crippen LogP contribution in [-0.2, 0) is 16.6 Å². The van der Waals surface area contributed by atoms with Crippen molar-refractivity contribution in [2.45, 2.75) is 17.9 Å². The van der Waals surface area contributed by atoms with Gasteiger partial charge >= 0.3 is 0 Å². The van der Waals surface area contributed by atoms with Gasteiger partial charge in [-0.25, -0.2) is 8.42 Å². The van der Waals surface area contributed by atoms with Crippen LogP contribution in [0.15, 0.2) is 51.1 Å². The van der Waals surface area contributed by atoms with Gasteiger partial charge in [0.05, 0.1) is 4.90 Å². The van der Waals surface area contributed by atoms with E-state index in [1.165, 1.54) is 4.88 Å². The van der Waals surface area contributed by atoms with E-state index in [9.17, 15) is 8.42 Å². The Morgan fingerprint density at radius 3 is 2.70 bits per heavy atom. The number of sulfonamides is 1. The molecular formula is C16H19BrN2O2S2. The van der Waals surface area contributed by atoms with Gasteiger partial charge in [0.1, 0.15) is 0 Å². The molecule has 23 heavy (non-hydrogen) atoms. The third-order valence-electron chi connectivity index (χ3n) is 3.94. The molecule has 0 aliphatic carbocycles. The highest BCUT2D eigenvalue weighted by atomic mass is 79.9. The molecular weight excluding hydrogens is 396 g/mol. The lowest BCUT2D eigenvalue weighted by Crippen LogP contribution is -2.35. The van der Waals surface area contributed by atoms with E-state index in [-0.39, 0.29) is 0 Å². The minimum absolute atomic E-state index is 0.360. The largest absolute Gasteiger partial charge is 0.297 e. The van der Waals surface area contributed by atoms with Gasteiger partial charge in [0.15, 0.2) is 0 Å². The van der Waals surface area contributed by atoms with Gasteiger partial charge in [-0.15, -0.1) is 11.3 Å². The molecule has 1 saturated heterocycles. The summed E-state index contributed by atoms with van der Waals surface area (Å²) in [6, 6.07) is 11.1. The zero-order chi connectivity index (χ0) is 16.3. The number of nitrogens with zero attached hydrogens (tertiary/aromatic N) is 2. The number of hydrogen-bond acceptors (Lipinski definition) is 4.